The first-order valence-electron chi connectivity index (χ1n) is 5.29. The van der Waals surface area contributed by atoms with Crippen LogP contribution in [0.2, 0.25) is 0 Å². The molecule has 0 spiro atoms. The summed E-state index contributed by atoms with van der Waals surface area (Å²) in [4.78, 5) is 0. The van der Waals surface area contributed by atoms with E-state index in [1.54, 1.807) is 0 Å². The molecule has 0 aromatic carbocycles. The quantitative estimate of drug-likeness (QED) is 0.724. The molecule has 0 radical (unpaired) electrons. The van der Waals surface area contributed by atoms with Crippen molar-refractivity contribution in [3.05, 3.63) is 19.5 Å². The van der Waals surface area contributed by atoms with E-state index < -0.39 is 0 Å². The zero-order chi connectivity index (χ0) is 11.4. The number of nitrogens with two attached hydrogens (primary N) is 1. The van der Waals surface area contributed by atoms with Gasteiger partial charge in [0.1, 0.15) is 0 Å². The van der Waals surface area contributed by atoms with E-state index in [9.17, 15) is 0 Å². The molecular weight excluding hydrogens is 202 g/mol. The summed E-state index contributed by atoms with van der Waals surface area (Å²) in [6.07, 6.45) is 8.60. The molecular formula is C13H19NS. The number of thiophene rings is 1. The molecule has 1 nitrogen and oxygen atoms in total. The van der Waals surface area contributed by atoms with Crippen LogP contribution in [0.25, 0.3) is 24.3 Å². The van der Waals surface area contributed by atoms with E-state index in [0.29, 0.717) is 0 Å². The second-order valence-electron chi connectivity index (χ2n) is 3.55. The first kappa shape index (κ1) is 12.2. The average molecular weight is 221 g/mol. The molecule has 0 bridgehead atoms. The highest BCUT2D eigenvalue weighted by atomic mass is 32.1. The van der Waals surface area contributed by atoms with Crippen LogP contribution in [0.1, 0.15) is 27.7 Å². The summed E-state index contributed by atoms with van der Waals surface area (Å²) in [6, 6.07) is 0.0988. The highest BCUT2D eigenvalue weighted by Crippen LogP contribution is 1.75. The molecule has 2 heteroatoms. The van der Waals surface area contributed by atoms with Crippen molar-refractivity contribution in [3.63, 3.8) is 0 Å². The van der Waals surface area contributed by atoms with E-state index in [-0.39, 0.29) is 6.04 Å². The molecule has 2 N–H and O–H groups in total. The molecule has 1 aromatic rings. The summed E-state index contributed by atoms with van der Waals surface area (Å²) in [7, 11) is 0. The lowest BCUT2D eigenvalue weighted by atomic mass is 10.2. The van der Waals surface area contributed by atoms with Crippen molar-refractivity contribution >= 4 is 35.6 Å². The molecule has 1 heterocycles. The van der Waals surface area contributed by atoms with Gasteiger partial charge in [-0.1, -0.05) is 24.3 Å². The average Bonchev–Trinajstić information content (AvgIpc) is 2.54. The summed E-state index contributed by atoms with van der Waals surface area (Å²) in [5.41, 5.74) is 5.83. The van der Waals surface area contributed by atoms with Crippen LogP contribution in [-0.2, 0) is 0 Å². The van der Waals surface area contributed by atoms with Gasteiger partial charge in [0, 0.05) is 15.1 Å². The topological polar surface area (TPSA) is 26.0 Å². The van der Waals surface area contributed by atoms with Gasteiger partial charge in [-0.3, -0.25) is 0 Å². The van der Waals surface area contributed by atoms with Gasteiger partial charge < -0.3 is 5.73 Å². The third-order valence-corrected chi connectivity index (χ3v) is 3.63. The van der Waals surface area contributed by atoms with Crippen molar-refractivity contribution in [3.8, 4) is 0 Å². The van der Waals surface area contributed by atoms with Crippen molar-refractivity contribution < 1.29 is 0 Å². The van der Waals surface area contributed by atoms with Crippen LogP contribution < -0.4 is 25.2 Å². The van der Waals surface area contributed by atoms with Crippen LogP contribution in [0.15, 0.2) is 0 Å². The normalized spacial score (nSPS) is 19.0. The molecule has 0 saturated carbocycles. The fraction of sp³-hybridized carbons (Fsp3) is 0.385. The molecule has 1 rings (SSSR count). The van der Waals surface area contributed by atoms with Crippen molar-refractivity contribution in [2.45, 2.75) is 33.7 Å². The molecule has 0 aliphatic carbocycles. The summed E-state index contributed by atoms with van der Waals surface area (Å²) >= 11 is 1.82. The number of rotatable bonds is 1. The summed E-state index contributed by atoms with van der Waals surface area (Å²) in [5.74, 6) is 0. The maximum atomic E-state index is 5.83. The van der Waals surface area contributed by atoms with Crippen LogP contribution in [0, 0.1) is 0 Å². The smallest absolute Gasteiger partial charge is 0.0309 e. The second-order valence-corrected chi connectivity index (χ2v) is 4.63. The third-order valence-electron chi connectivity index (χ3n) is 2.28. The van der Waals surface area contributed by atoms with E-state index in [4.69, 9.17) is 5.73 Å². The number of hydrogen-bond acceptors (Lipinski definition) is 2. The summed E-state index contributed by atoms with van der Waals surface area (Å²) < 4.78 is 2.64. The van der Waals surface area contributed by atoms with Gasteiger partial charge in [-0.25, -0.2) is 0 Å². The Labute approximate surface area is 94.9 Å². The lowest BCUT2D eigenvalue weighted by molar-refractivity contribution is 0.971. The van der Waals surface area contributed by atoms with Gasteiger partial charge in [0.15, 0.2) is 0 Å². The van der Waals surface area contributed by atoms with Gasteiger partial charge in [-0.2, -0.15) is 0 Å². The molecule has 1 unspecified atom stereocenters. The standard InChI is InChI=1S/C13H19NS/c1-5-10-11(8-9(4)14)13(7-3)15-12(10)6-2/h5-9H,14H2,1-4H3/b10-5?,11-8-,12-6+,13-7+. The van der Waals surface area contributed by atoms with Crippen LogP contribution in [0.3, 0.4) is 0 Å². The Bertz CT molecular complexity index is 547. The largest absolute Gasteiger partial charge is 0.325 e. The van der Waals surface area contributed by atoms with Crippen molar-refractivity contribution in [2.75, 3.05) is 0 Å². The van der Waals surface area contributed by atoms with E-state index in [2.05, 4.69) is 45.1 Å². The highest BCUT2D eigenvalue weighted by molar-refractivity contribution is 7.07. The zero-order valence-electron chi connectivity index (χ0n) is 9.87. The Morgan fingerprint density at radius 1 is 1.00 bits per heavy atom. The maximum absolute atomic E-state index is 5.83. The monoisotopic (exact) mass is 221 g/mol. The molecule has 0 aliphatic rings. The first-order chi connectivity index (χ1) is 7.13. The first-order valence-corrected chi connectivity index (χ1v) is 6.11. The minimum atomic E-state index is 0.0988. The third kappa shape index (κ3) is 2.58. The number of hydrogen-bond donors (Lipinski definition) is 1. The lowest BCUT2D eigenvalue weighted by Gasteiger charge is -1.92. The zero-order valence-corrected chi connectivity index (χ0v) is 10.7. The SMILES string of the molecule is CC=c1c(=C/C(C)N)/c(=C\C)s/c1=C/C. The Hall–Kier alpha value is -0.860. The van der Waals surface area contributed by atoms with Gasteiger partial charge in [-0.15, -0.1) is 11.3 Å². The van der Waals surface area contributed by atoms with Crippen molar-refractivity contribution in [1.82, 2.24) is 0 Å². The lowest BCUT2D eigenvalue weighted by Crippen LogP contribution is -2.39. The van der Waals surface area contributed by atoms with Gasteiger partial charge in [0.2, 0.25) is 0 Å². The van der Waals surface area contributed by atoms with Gasteiger partial charge >= 0.3 is 0 Å². The molecule has 1 atom stereocenters. The van der Waals surface area contributed by atoms with Crippen molar-refractivity contribution in [2.24, 2.45) is 5.73 Å². The van der Waals surface area contributed by atoms with Crippen LogP contribution in [-0.4, -0.2) is 6.04 Å². The Morgan fingerprint density at radius 3 is 1.93 bits per heavy atom. The van der Waals surface area contributed by atoms with Crippen molar-refractivity contribution in [1.29, 1.82) is 0 Å². The van der Waals surface area contributed by atoms with Crippen LogP contribution in [0.4, 0.5) is 0 Å². The second kappa shape index (κ2) is 5.29. The highest BCUT2D eigenvalue weighted by Gasteiger charge is 1.95. The Balaban J connectivity index is 3.87. The van der Waals surface area contributed by atoms with Gasteiger partial charge in [0.05, 0.1) is 0 Å². The predicted molar refractivity (Wildman–Crippen MR) is 71.4 cm³/mol. The van der Waals surface area contributed by atoms with E-state index in [1.807, 2.05) is 18.3 Å². The molecule has 82 valence electrons. The summed E-state index contributed by atoms with van der Waals surface area (Å²) in [6.45, 7) is 8.23. The maximum Gasteiger partial charge on any atom is 0.0309 e. The van der Waals surface area contributed by atoms with E-state index >= 15 is 0 Å². The Morgan fingerprint density at radius 2 is 1.53 bits per heavy atom. The van der Waals surface area contributed by atoms with E-state index in [1.165, 1.54) is 19.5 Å². The fourth-order valence-electron chi connectivity index (χ4n) is 1.66. The minimum Gasteiger partial charge on any atom is -0.325 e. The van der Waals surface area contributed by atoms with E-state index in [0.717, 1.165) is 0 Å². The van der Waals surface area contributed by atoms with Crippen LogP contribution >= 0.6 is 11.3 Å². The molecule has 0 aliphatic heterocycles. The fourth-order valence-corrected chi connectivity index (χ4v) is 2.75. The molecule has 0 saturated heterocycles. The van der Waals surface area contributed by atoms with Crippen LogP contribution in [0.5, 0.6) is 0 Å². The Kier molecular flexibility index (Phi) is 4.30. The molecule has 15 heavy (non-hydrogen) atoms. The summed E-state index contributed by atoms with van der Waals surface area (Å²) in [5, 5.41) is 2.60. The minimum absolute atomic E-state index is 0.0988. The molecule has 1 aromatic heterocycles. The predicted octanol–water partition coefficient (Wildman–Crippen LogP) is 0.277. The van der Waals surface area contributed by atoms with Gasteiger partial charge in [0.25, 0.3) is 0 Å². The molecule has 0 amide bonds. The van der Waals surface area contributed by atoms with Gasteiger partial charge in [-0.05, 0) is 38.1 Å². The molecule has 0 fully saturated rings.